The van der Waals surface area contributed by atoms with Crippen LogP contribution < -0.4 is 9.80 Å². The quantitative estimate of drug-likeness (QED) is 0.853. The van der Waals surface area contributed by atoms with E-state index in [1.807, 2.05) is 19.0 Å². The molecule has 0 spiro atoms. The van der Waals surface area contributed by atoms with Crippen LogP contribution in [0.5, 0.6) is 0 Å². The van der Waals surface area contributed by atoms with E-state index in [1.54, 1.807) is 0 Å². The molecule has 23 heavy (non-hydrogen) atoms. The number of nitrogens with zero attached hydrogens (tertiary/aromatic N) is 6. The fourth-order valence-corrected chi connectivity index (χ4v) is 3.45. The zero-order valence-corrected chi connectivity index (χ0v) is 15.2. The lowest BCUT2D eigenvalue weighted by molar-refractivity contribution is 0.329. The van der Waals surface area contributed by atoms with Gasteiger partial charge >= 0.3 is 0 Å². The first-order valence-corrected chi connectivity index (χ1v) is 8.72. The smallest absolute Gasteiger partial charge is 0.265 e. The van der Waals surface area contributed by atoms with Crippen LogP contribution in [0.25, 0.3) is 0 Å². The minimum Gasteiger partial charge on any atom is -0.347 e. The highest BCUT2D eigenvalue weighted by atomic mass is 32.1. The molecule has 7 nitrogen and oxygen atoms in total. The number of rotatable bonds is 3. The van der Waals surface area contributed by atoms with Crippen LogP contribution in [-0.2, 0) is 5.41 Å². The first-order chi connectivity index (χ1) is 10.8. The molecule has 2 aromatic heterocycles. The van der Waals surface area contributed by atoms with Crippen LogP contribution in [0.15, 0.2) is 4.52 Å². The second-order valence-electron chi connectivity index (χ2n) is 7.24. The number of anilines is 2. The van der Waals surface area contributed by atoms with Crippen molar-refractivity contribution in [3.63, 3.8) is 0 Å². The summed E-state index contributed by atoms with van der Waals surface area (Å²) in [5, 5.41) is 5.03. The Morgan fingerprint density at radius 2 is 1.87 bits per heavy atom. The van der Waals surface area contributed by atoms with Crippen molar-refractivity contribution in [2.24, 2.45) is 0 Å². The molecule has 1 fully saturated rings. The highest BCUT2D eigenvalue weighted by Crippen LogP contribution is 2.32. The third-order valence-corrected chi connectivity index (χ3v) is 4.81. The molecular weight excluding hydrogens is 312 g/mol. The lowest BCUT2D eigenvalue weighted by Crippen LogP contribution is -2.33. The minimum absolute atomic E-state index is 0.000585. The fourth-order valence-electron chi connectivity index (χ4n) is 2.54. The van der Waals surface area contributed by atoms with Gasteiger partial charge in [-0.25, -0.2) is 4.98 Å². The Morgan fingerprint density at radius 3 is 2.39 bits per heavy atom. The molecule has 0 radical (unpaired) electrons. The Morgan fingerprint density at radius 1 is 1.17 bits per heavy atom. The zero-order valence-electron chi connectivity index (χ0n) is 14.4. The summed E-state index contributed by atoms with van der Waals surface area (Å²) in [5.74, 6) is 2.65. The van der Waals surface area contributed by atoms with Crippen molar-refractivity contribution in [1.82, 2.24) is 19.5 Å². The standard InChI is InChI=1S/C15H24N6OS/c1-15(2,3)12-17-14(23-19-12)21-8-6-10(7-9-21)11-16-13(18-22-11)20(4)5/h10H,6-9H2,1-5H3. The van der Waals surface area contributed by atoms with Crippen molar-refractivity contribution in [1.29, 1.82) is 0 Å². The summed E-state index contributed by atoms with van der Waals surface area (Å²) in [7, 11) is 3.83. The van der Waals surface area contributed by atoms with E-state index < -0.39 is 0 Å². The second kappa shape index (κ2) is 6.07. The SMILES string of the molecule is CN(C)c1noc(C2CCN(c3nc(C(C)(C)C)ns3)CC2)n1. The van der Waals surface area contributed by atoms with Gasteiger partial charge in [0.15, 0.2) is 0 Å². The number of aromatic nitrogens is 4. The van der Waals surface area contributed by atoms with Crippen molar-refractivity contribution >= 4 is 22.6 Å². The maximum Gasteiger partial charge on any atom is 0.265 e. The summed E-state index contributed by atoms with van der Waals surface area (Å²) in [6, 6.07) is 0. The van der Waals surface area contributed by atoms with Gasteiger partial charge in [0.25, 0.3) is 5.95 Å². The Kier molecular flexibility index (Phi) is 4.27. The third kappa shape index (κ3) is 3.46. The van der Waals surface area contributed by atoms with Crippen LogP contribution in [-0.4, -0.2) is 46.7 Å². The molecule has 0 amide bonds. The first-order valence-electron chi connectivity index (χ1n) is 7.94. The van der Waals surface area contributed by atoms with Gasteiger partial charge in [-0.05, 0) is 18.0 Å². The molecule has 0 N–H and O–H groups in total. The number of piperidine rings is 1. The van der Waals surface area contributed by atoms with Gasteiger partial charge < -0.3 is 14.3 Å². The second-order valence-corrected chi connectivity index (χ2v) is 7.97. The summed E-state index contributed by atoms with van der Waals surface area (Å²) in [5.41, 5.74) is -0.000585. The van der Waals surface area contributed by atoms with Crippen LogP contribution in [0.1, 0.15) is 51.2 Å². The Balaban J connectivity index is 1.63. The largest absolute Gasteiger partial charge is 0.347 e. The summed E-state index contributed by atoms with van der Waals surface area (Å²) in [6.07, 6.45) is 2.00. The predicted octanol–water partition coefficient (Wildman–Crippen LogP) is 2.67. The van der Waals surface area contributed by atoms with Gasteiger partial charge in [-0.2, -0.15) is 9.36 Å². The van der Waals surface area contributed by atoms with Crippen LogP contribution in [0.4, 0.5) is 11.1 Å². The lowest BCUT2D eigenvalue weighted by atomic mass is 9.96. The molecule has 2 aromatic rings. The van der Waals surface area contributed by atoms with Crippen molar-refractivity contribution in [3.8, 4) is 0 Å². The predicted molar refractivity (Wildman–Crippen MR) is 91.4 cm³/mol. The molecule has 1 aliphatic rings. The molecule has 0 atom stereocenters. The summed E-state index contributed by atoms with van der Waals surface area (Å²) >= 11 is 1.49. The highest BCUT2D eigenvalue weighted by molar-refractivity contribution is 7.09. The molecule has 1 saturated heterocycles. The first kappa shape index (κ1) is 16.2. The van der Waals surface area contributed by atoms with E-state index in [-0.39, 0.29) is 5.41 Å². The van der Waals surface area contributed by atoms with E-state index in [1.165, 1.54) is 11.5 Å². The van der Waals surface area contributed by atoms with E-state index in [4.69, 9.17) is 9.51 Å². The van der Waals surface area contributed by atoms with Crippen LogP contribution in [0, 0.1) is 0 Å². The van der Waals surface area contributed by atoms with Gasteiger partial charge in [0.1, 0.15) is 5.82 Å². The maximum atomic E-state index is 5.41. The minimum atomic E-state index is -0.000585. The van der Waals surface area contributed by atoms with Crippen molar-refractivity contribution in [2.45, 2.75) is 44.9 Å². The highest BCUT2D eigenvalue weighted by Gasteiger charge is 2.28. The molecule has 0 bridgehead atoms. The fraction of sp³-hybridized carbons (Fsp3) is 0.733. The van der Waals surface area contributed by atoms with Crippen molar-refractivity contribution < 1.29 is 4.52 Å². The lowest BCUT2D eigenvalue weighted by Gasteiger charge is -2.29. The average Bonchev–Trinajstić information content (AvgIpc) is 3.16. The average molecular weight is 336 g/mol. The van der Waals surface area contributed by atoms with Gasteiger partial charge in [0, 0.05) is 50.1 Å². The van der Waals surface area contributed by atoms with E-state index in [9.17, 15) is 0 Å². The van der Waals surface area contributed by atoms with E-state index in [0.717, 1.165) is 42.8 Å². The topological polar surface area (TPSA) is 71.2 Å². The Bertz CT molecular complexity index is 651. The molecular formula is C15H24N6OS. The van der Waals surface area contributed by atoms with Crippen molar-refractivity contribution in [2.75, 3.05) is 37.0 Å². The molecule has 0 aromatic carbocycles. The van der Waals surface area contributed by atoms with E-state index in [0.29, 0.717) is 11.9 Å². The van der Waals surface area contributed by atoms with Gasteiger partial charge in [0.2, 0.25) is 11.0 Å². The van der Waals surface area contributed by atoms with E-state index >= 15 is 0 Å². The number of hydrogen-bond acceptors (Lipinski definition) is 8. The van der Waals surface area contributed by atoms with Gasteiger partial charge in [-0.1, -0.05) is 20.8 Å². The Labute approximate surface area is 140 Å². The number of hydrogen-bond donors (Lipinski definition) is 0. The van der Waals surface area contributed by atoms with Crippen LogP contribution in [0.2, 0.25) is 0 Å². The molecule has 1 aliphatic heterocycles. The van der Waals surface area contributed by atoms with Crippen molar-refractivity contribution in [3.05, 3.63) is 11.7 Å². The monoisotopic (exact) mass is 336 g/mol. The molecule has 0 aliphatic carbocycles. The molecule has 3 heterocycles. The normalized spacial score (nSPS) is 16.8. The Hall–Kier alpha value is -1.70. The zero-order chi connectivity index (χ0) is 16.6. The molecule has 8 heteroatoms. The van der Waals surface area contributed by atoms with E-state index in [2.05, 4.69) is 40.2 Å². The van der Waals surface area contributed by atoms with Gasteiger partial charge in [0.05, 0.1) is 0 Å². The molecule has 126 valence electrons. The maximum absolute atomic E-state index is 5.41. The summed E-state index contributed by atoms with van der Waals surface area (Å²) < 4.78 is 9.91. The molecule has 3 rings (SSSR count). The molecule has 0 unspecified atom stereocenters. The van der Waals surface area contributed by atoms with Crippen LogP contribution >= 0.6 is 11.5 Å². The summed E-state index contributed by atoms with van der Waals surface area (Å²) in [4.78, 5) is 13.3. The molecule has 0 saturated carbocycles. The van der Waals surface area contributed by atoms with Crippen LogP contribution in [0.3, 0.4) is 0 Å². The van der Waals surface area contributed by atoms with Gasteiger partial charge in [-0.3, -0.25) is 0 Å². The summed E-state index contributed by atoms with van der Waals surface area (Å²) in [6.45, 7) is 8.32. The van der Waals surface area contributed by atoms with Gasteiger partial charge in [-0.15, -0.1) is 0 Å². The third-order valence-electron chi connectivity index (χ3n) is 4.03.